The monoisotopic (exact) mass is 374 g/mol. The molecule has 1 aliphatic carbocycles. The molecule has 1 aliphatic rings. The first kappa shape index (κ1) is 17.7. The van der Waals surface area contributed by atoms with Gasteiger partial charge in [0.15, 0.2) is 11.5 Å². The van der Waals surface area contributed by atoms with Crippen LogP contribution in [0.2, 0.25) is 0 Å². The molecule has 1 aromatic heterocycles. The van der Waals surface area contributed by atoms with Crippen molar-refractivity contribution in [2.24, 2.45) is 0 Å². The van der Waals surface area contributed by atoms with Crippen molar-refractivity contribution in [2.75, 3.05) is 5.73 Å². The summed E-state index contributed by atoms with van der Waals surface area (Å²) in [6, 6.07) is 14.9. The molecule has 0 radical (unpaired) electrons. The van der Waals surface area contributed by atoms with Crippen LogP contribution in [0.3, 0.4) is 0 Å². The summed E-state index contributed by atoms with van der Waals surface area (Å²) in [6.07, 6.45) is 3.21. The van der Waals surface area contributed by atoms with E-state index in [2.05, 4.69) is 21.4 Å². The second kappa shape index (κ2) is 7.11. The van der Waals surface area contributed by atoms with Gasteiger partial charge in [0.2, 0.25) is 0 Å². The predicted octanol–water partition coefficient (Wildman–Crippen LogP) is 2.84. The molecule has 0 spiro atoms. The molecule has 1 heterocycles. The Balaban J connectivity index is 1.58. The minimum atomic E-state index is -1.25. The summed E-state index contributed by atoms with van der Waals surface area (Å²) >= 11 is 0. The first-order valence-corrected chi connectivity index (χ1v) is 8.88. The summed E-state index contributed by atoms with van der Waals surface area (Å²) in [4.78, 5) is 31.9. The highest BCUT2D eigenvalue weighted by molar-refractivity contribution is 5.96. The van der Waals surface area contributed by atoms with Gasteiger partial charge in [0, 0.05) is 11.1 Å². The number of carboxylic acids is 1. The van der Waals surface area contributed by atoms with Crippen LogP contribution in [0.25, 0.3) is 11.3 Å². The van der Waals surface area contributed by atoms with Crippen molar-refractivity contribution >= 4 is 17.7 Å². The maximum atomic E-state index is 12.8. The van der Waals surface area contributed by atoms with Gasteiger partial charge in [-0.3, -0.25) is 4.79 Å². The lowest BCUT2D eigenvalue weighted by Gasteiger charge is -2.14. The van der Waals surface area contributed by atoms with Gasteiger partial charge in [0.1, 0.15) is 0 Å². The number of nitrogens with zero attached hydrogens (tertiary/aromatic N) is 2. The van der Waals surface area contributed by atoms with E-state index in [1.54, 1.807) is 24.3 Å². The first-order valence-electron chi connectivity index (χ1n) is 8.88. The molecular formula is C21H18N4O3. The fourth-order valence-corrected chi connectivity index (χ4v) is 3.46. The molecule has 0 saturated heterocycles. The van der Waals surface area contributed by atoms with Crippen molar-refractivity contribution in [3.05, 3.63) is 77.1 Å². The molecular weight excluding hydrogens is 356 g/mol. The van der Waals surface area contributed by atoms with Crippen molar-refractivity contribution in [2.45, 2.75) is 18.9 Å². The number of aryl methyl sites for hydroxylation is 1. The van der Waals surface area contributed by atoms with Crippen molar-refractivity contribution in [1.82, 2.24) is 15.3 Å². The molecule has 1 atom stereocenters. The third-order valence-electron chi connectivity index (χ3n) is 4.86. The number of rotatable bonds is 4. The number of aromatic carboxylic acids is 1. The third kappa shape index (κ3) is 3.29. The Morgan fingerprint density at radius 1 is 1.14 bits per heavy atom. The quantitative estimate of drug-likeness (QED) is 0.646. The number of aromatic nitrogens is 2. The van der Waals surface area contributed by atoms with Gasteiger partial charge < -0.3 is 16.2 Å². The Morgan fingerprint density at radius 3 is 2.79 bits per heavy atom. The van der Waals surface area contributed by atoms with Gasteiger partial charge in [-0.25, -0.2) is 14.8 Å². The number of carbonyl (C=O) groups is 2. The first-order chi connectivity index (χ1) is 13.5. The number of nitrogens with one attached hydrogen (secondary N) is 1. The lowest BCUT2D eigenvalue weighted by molar-refractivity contribution is 0.0691. The molecule has 4 rings (SSSR count). The average Bonchev–Trinajstić information content (AvgIpc) is 3.11. The SMILES string of the molecule is Nc1ncc(-c2cccc(C(=O)N[C@@H]3CCc4ccccc43)c2)nc1C(=O)O. The number of carboxylic acid groups (broad SMARTS) is 1. The number of amides is 1. The highest BCUT2D eigenvalue weighted by Gasteiger charge is 2.24. The molecule has 7 nitrogen and oxygen atoms in total. The molecule has 3 aromatic rings. The second-order valence-electron chi connectivity index (χ2n) is 6.64. The van der Waals surface area contributed by atoms with Crippen LogP contribution in [0, 0.1) is 0 Å². The van der Waals surface area contributed by atoms with Crippen molar-refractivity contribution in [1.29, 1.82) is 0 Å². The van der Waals surface area contributed by atoms with E-state index in [0.717, 1.165) is 18.4 Å². The molecule has 7 heteroatoms. The van der Waals surface area contributed by atoms with Crippen LogP contribution in [-0.2, 0) is 6.42 Å². The number of benzene rings is 2. The molecule has 140 valence electrons. The van der Waals surface area contributed by atoms with Crippen LogP contribution in [0.1, 0.15) is 44.4 Å². The van der Waals surface area contributed by atoms with Gasteiger partial charge in [-0.1, -0.05) is 36.4 Å². The molecule has 0 saturated carbocycles. The van der Waals surface area contributed by atoms with Crippen LogP contribution in [-0.4, -0.2) is 27.0 Å². The molecule has 0 aliphatic heterocycles. The van der Waals surface area contributed by atoms with Crippen molar-refractivity contribution in [3.63, 3.8) is 0 Å². The fourth-order valence-electron chi connectivity index (χ4n) is 3.46. The molecule has 4 N–H and O–H groups in total. The number of nitrogens with two attached hydrogens (primary N) is 1. The van der Waals surface area contributed by atoms with Crippen molar-refractivity contribution < 1.29 is 14.7 Å². The van der Waals surface area contributed by atoms with Gasteiger partial charge in [0.05, 0.1) is 17.9 Å². The number of carbonyl (C=O) groups excluding carboxylic acids is 1. The van der Waals surface area contributed by atoms with Crippen LogP contribution < -0.4 is 11.1 Å². The van der Waals surface area contributed by atoms with Crippen LogP contribution >= 0.6 is 0 Å². The highest BCUT2D eigenvalue weighted by Crippen LogP contribution is 2.31. The molecule has 2 aromatic carbocycles. The van der Waals surface area contributed by atoms with E-state index in [4.69, 9.17) is 5.73 Å². The van der Waals surface area contributed by atoms with Gasteiger partial charge in [-0.15, -0.1) is 0 Å². The van der Waals surface area contributed by atoms with Crippen LogP contribution in [0.15, 0.2) is 54.7 Å². The lowest BCUT2D eigenvalue weighted by Crippen LogP contribution is -2.27. The average molecular weight is 374 g/mol. The topological polar surface area (TPSA) is 118 Å². The maximum absolute atomic E-state index is 12.8. The Morgan fingerprint density at radius 2 is 1.96 bits per heavy atom. The van der Waals surface area contributed by atoms with E-state index in [1.807, 2.05) is 18.2 Å². The Hall–Kier alpha value is -3.74. The minimum Gasteiger partial charge on any atom is -0.476 e. The zero-order chi connectivity index (χ0) is 19.7. The lowest BCUT2D eigenvalue weighted by atomic mass is 10.1. The molecule has 1 amide bonds. The number of hydrogen-bond donors (Lipinski definition) is 3. The molecule has 0 unspecified atom stereocenters. The smallest absolute Gasteiger partial charge is 0.358 e. The normalized spacial score (nSPS) is 15.1. The van der Waals surface area contributed by atoms with E-state index >= 15 is 0 Å². The Kier molecular flexibility index (Phi) is 4.49. The summed E-state index contributed by atoms with van der Waals surface area (Å²) in [5, 5.41) is 12.3. The Labute approximate surface area is 161 Å². The number of nitrogen functional groups attached to an aromatic ring is 1. The molecule has 0 bridgehead atoms. The van der Waals surface area contributed by atoms with Crippen molar-refractivity contribution in [3.8, 4) is 11.3 Å². The van der Waals surface area contributed by atoms with Crippen LogP contribution in [0.5, 0.6) is 0 Å². The summed E-state index contributed by atoms with van der Waals surface area (Å²) < 4.78 is 0. The maximum Gasteiger partial charge on any atom is 0.358 e. The van der Waals surface area contributed by atoms with E-state index in [9.17, 15) is 14.7 Å². The van der Waals surface area contributed by atoms with Gasteiger partial charge in [0.25, 0.3) is 5.91 Å². The van der Waals surface area contributed by atoms with E-state index in [-0.39, 0.29) is 23.5 Å². The zero-order valence-corrected chi connectivity index (χ0v) is 14.9. The van der Waals surface area contributed by atoms with Gasteiger partial charge in [-0.2, -0.15) is 0 Å². The number of hydrogen-bond acceptors (Lipinski definition) is 5. The Bertz CT molecular complexity index is 1080. The largest absolute Gasteiger partial charge is 0.476 e. The van der Waals surface area contributed by atoms with Crippen LogP contribution in [0.4, 0.5) is 5.82 Å². The van der Waals surface area contributed by atoms with Gasteiger partial charge in [-0.05, 0) is 36.1 Å². The standard InChI is InChI=1S/C21H18N4O3/c22-19-18(21(27)28)24-17(11-23-19)13-5-3-6-14(10-13)20(26)25-16-9-8-12-4-1-2-7-15(12)16/h1-7,10-11,16H,8-9H2,(H2,22,23)(H,25,26)(H,27,28)/t16-/m1/s1. The van der Waals surface area contributed by atoms with E-state index < -0.39 is 5.97 Å². The predicted molar refractivity (Wildman–Crippen MR) is 104 cm³/mol. The highest BCUT2D eigenvalue weighted by atomic mass is 16.4. The summed E-state index contributed by atoms with van der Waals surface area (Å²) in [5.41, 5.74) is 9.07. The zero-order valence-electron chi connectivity index (χ0n) is 14.9. The summed E-state index contributed by atoms with van der Waals surface area (Å²) in [5.74, 6) is -1.59. The number of anilines is 1. The fraction of sp³-hybridized carbons (Fsp3) is 0.143. The summed E-state index contributed by atoms with van der Waals surface area (Å²) in [6.45, 7) is 0. The third-order valence-corrected chi connectivity index (χ3v) is 4.86. The minimum absolute atomic E-state index is 0.0118. The molecule has 0 fully saturated rings. The number of fused-ring (bicyclic) bond motifs is 1. The van der Waals surface area contributed by atoms with Gasteiger partial charge >= 0.3 is 5.97 Å². The molecule has 28 heavy (non-hydrogen) atoms. The van der Waals surface area contributed by atoms with E-state index in [0.29, 0.717) is 16.8 Å². The second-order valence-corrected chi connectivity index (χ2v) is 6.64. The summed E-state index contributed by atoms with van der Waals surface area (Å²) in [7, 11) is 0. The van der Waals surface area contributed by atoms with E-state index in [1.165, 1.54) is 11.8 Å².